The number of Topliss-reactive ketones (excluding diaryl/α,β-unsaturated/α-hetero) is 1. The van der Waals surface area contributed by atoms with E-state index in [1.54, 1.807) is 0 Å². The van der Waals surface area contributed by atoms with Gasteiger partial charge in [0.15, 0.2) is 5.78 Å². The number of aromatic nitrogens is 1. The van der Waals surface area contributed by atoms with Crippen LogP contribution >= 0.6 is 0 Å². The van der Waals surface area contributed by atoms with Crippen molar-refractivity contribution in [1.29, 1.82) is 0 Å². The summed E-state index contributed by atoms with van der Waals surface area (Å²) < 4.78 is 0. The molecular formula is C21H18N2O. The topological polar surface area (TPSA) is 56.0 Å². The van der Waals surface area contributed by atoms with Crippen LogP contribution in [0.3, 0.4) is 0 Å². The minimum atomic E-state index is 0.190. The number of aryl methyl sites for hydroxylation is 1. The summed E-state index contributed by atoms with van der Waals surface area (Å²) in [5.41, 5.74) is 12.2. The van der Waals surface area contributed by atoms with Gasteiger partial charge in [-0.05, 0) is 42.2 Å². The Morgan fingerprint density at radius 3 is 2.38 bits per heavy atom. The molecule has 1 aliphatic carbocycles. The van der Waals surface area contributed by atoms with E-state index in [0.717, 1.165) is 52.2 Å². The van der Waals surface area contributed by atoms with Gasteiger partial charge in [0.1, 0.15) is 0 Å². The molecule has 0 amide bonds. The van der Waals surface area contributed by atoms with E-state index in [1.807, 2.05) is 60.7 Å². The van der Waals surface area contributed by atoms with Crippen molar-refractivity contribution < 1.29 is 4.79 Å². The molecule has 0 unspecified atom stereocenters. The standard InChI is InChI=1S/C21H18N2O/c22-16-11-9-14(10-12-16)17-13-19(15-5-2-1-3-6-15)23-18-7-4-8-20(24)21(17)18/h1-3,5-6,9-13H,4,7-8,22H2. The van der Waals surface area contributed by atoms with Crippen LogP contribution in [0.25, 0.3) is 22.4 Å². The van der Waals surface area contributed by atoms with Crippen molar-refractivity contribution in [3.8, 4) is 22.4 Å². The minimum absolute atomic E-state index is 0.190. The molecule has 1 aliphatic rings. The number of hydrogen-bond donors (Lipinski definition) is 1. The second-order valence-electron chi connectivity index (χ2n) is 6.14. The molecule has 3 nitrogen and oxygen atoms in total. The van der Waals surface area contributed by atoms with Gasteiger partial charge in [-0.15, -0.1) is 0 Å². The number of rotatable bonds is 2. The summed E-state index contributed by atoms with van der Waals surface area (Å²) in [4.78, 5) is 17.3. The van der Waals surface area contributed by atoms with E-state index < -0.39 is 0 Å². The molecule has 0 saturated carbocycles. The highest BCUT2D eigenvalue weighted by molar-refractivity contribution is 6.04. The fourth-order valence-electron chi connectivity index (χ4n) is 3.28. The summed E-state index contributed by atoms with van der Waals surface area (Å²) in [6, 6.07) is 19.8. The zero-order valence-corrected chi connectivity index (χ0v) is 13.3. The lowest BCUT2D eigenvalue weighted by molar-refractivity contribution is 0.0972. The zero-order chi connectivity index (χ0) is 16.5. The highest BCUT2D eigenvalue weighted by Crippen LogP contribution is 2.34. The molecule has 2 aromatic carbocycles. The van der Waals surface area contributed by atoms with Crippen molar-refractivity contribution >= 4 is 11.5 Å². The molecule has 2 N–H and O–H groups in total. The molecule has 0 aliphatic heterocycles. The summed E-state index contributed by atoms with van der Waals surface area (Å²) in [6.07, 6.45) is 2.32. The van der Waals surface area contributed by atoms with Crippen molar-refractivity contribution in [3.63, 3.8) is 0 Å². The van der Waals surface area contributed by atoms with Crippen molar-refractivity contribution in [2.75, 3.05) is 5.73 Å². The van der Waals surface area contributed by atoms with Gasteiger partial charge in [-0.1, -0.05) is 42.5 Å². The van der Waals surface area contributed by atoms with Crippen LogP contribution in [0.5, 0.6) is 0 Å². The molecule has 118 valence electrons. The molecule has 3 aromatic rings. The van der Waals surface area contributed by atoms with Gasteiger partial charge in [0.25, 0.3) is 0 Å². The number of fused-ring (bicyclic) bond motifs is 1. The van der Waals surface area contributed by atoms with Crippen LogP contribution in [0.2, 0.25) is 0 Å². The first-order valence-corrected chi connectivity index (χ1v) is 8.21. The predicted octanol–water partition coefficient (Wildman–Crippen LogP) is 4.52. The van der Waals surface area contributed by atoms with E-state index in [2.05, 4.69) is 0 Å². The molecule has 0 spiro atoms. The van der Waals surface area contributed by atoms with Crippen LogP contribution in [-0.4, -0.2) is 10.8 Å². The Hall–Kier alpha value is -2.94. The maximum absolute atomic E-state index is 12.5. The second kappa shape index (κ2) is 5.93. The predicted molar refractivity (Wildman–Crippen MR) is 96.8 cm³/mol. The number of nitrogen functional groups attached to an aromatic ring is 1. The first-order valence-electron chi connectivity index (χ1n) is 8.21. The van der Waals surface area contributed by atoms with Crippen LogP contribution in [0, 0.1) is 0 Å². The summed E-state index contributed by atoms with van der Waals surface area (Å²) in [5, 5.41) is 0. The third kappa shape index (κ3) is 2.58. The molecule has 0 saturated heterocycles. The lowest BCUT2D eigenvalue weighted by Gasteiger charge is -2.19. The molecule has 0 bridgehead atoms. The van der Waals surface area contributed by atoms with Crippen molar-refractivity contribution in [2.45, 2.75) is 19.3 Å². The van der Waals surface area contributed by atoms with E-state index in [-0.39, 0.29) is 5.78 Å². The van der Waals surface area contributed by atoms with Crippen LogP contribution in [0.1, 0.15) is 28.9 Å². The van der Waals surface area contributed by atoms with E-state index in [1.165, 1.54) is 0 Å². The van der Waals surface area contributed by atoms with Crippen LogP contribution < -0.4 is 5.73 Å². The largest absolute Gasteiger partial charge is 0.399 e. The molecule has 1 aromatic heterocycles. The number of pyridine rings is 1. The zero-order valence-electron chi connectivity index (χ0n) is 13.3. The highest BCUT2D eigenvalue weighted by Gasteiger charge is 2.24. The number of hydrogen-bond acceptors (Lipinski definition) is 3. The maximum atomic E-state index is 12.5. The number of nitrogens with two attached hydrogens (primary N) is 1. The van der Waals surface area contributed by atoms with Crippen molar-refractivity contribution in [2.24, 2.45) is 0 Å². The molecule has 0 fully saturated rings. The molecule has 24 heavy (non-hydrogen) atoms. The van der Waals surface area contributed by atoms with E-state index in [0.29, 0.717) is 6.42 Å². The Labute approximate surface area is 141 Å². The van der Waals surface area contributed by atoms with Crippen molar-refractivity contribution in [1.82, 2.24) is 4.98 Å². The fraction of sp³-hybridized carbons (Fsp3) is 0.143. The summed E-state index contributed by atoms with van der Waals surface area (Å²) in [5.74, 6) is 0.190. The van der Waals surface area contributed by atoms with E-state index in [9.17, 15) is 4.79 Å². The summed E-state index contributed by atoms with van der Waals surface area (Å²) >= 11 is 0. The molecule has 0 radical (unpaired) electrons. The number of carbonyl (C=O) groups excluding carboxylic acids is 1. The van der Waals surface area contributed by atoms with Gasteiger partial charge >= 0.3 is 0 Å². The Morgan fingerprint density at radius 1 is 0.875 bits per heavy atom. The number of anilines is 1. The van der Waals surface area contributed by atoms with Crippen LogP contribution in [0.4, 0.5) is 5.69 Å². The van der Waals surface area contributed by atoms with E-state index in [4.69, 9.17) is 10.7 Å². The van der Waals surface area contributed by atoms with Gasteiger partial charge in [-0.25, -0.2) is 0 Å². The molecule has 4 rings (SSSR count). The summed E-state index contributed by atoms with van der Waals surface area (Å²) in [6.45, 7) is 0. The molecule has 0 atom stereocenters. The Morgan fingerprint density at radius 2 is 1.62 bits per heavy atom. The van der Waals surface area contributed by atoms with Crippen LogP contribution in [-0.2, 0) is 6.42 Å². The minimum Gasteiger partial charge on any atom is -0.399 e. The number of carbonyl (C=O) groups is 1. The van der Waals surface area contributed by atoms with Gasteiger partial charge in [-0.3, -0.25) is 9.78 Å². The number of nitrogens with zero attached hydrogens (tertiary/aromatic N) is 1. The van der Waals surface area contributed by atoms with Gasteiger partial charge in [0, 0.05) is 23.2 Å². The average molecular weight is 314 g/mol. The fourth-order valence-corrected chi connectivity index (χ4v) is 3.28. The monoisotopic (exact) mass is 314 g/mol. The Balaban J connectivity index is 1.96. The lowest BCUT2D eigenvalue weighted by atomic mass is 9.87. The lowest BCUT2D eigenvalue weighted by Crippen LogP contribution is -2.14. The average Bonchev–Trinajstić information content (AvgIpc) is 2.62. The van der Waals surface area contributed by atoms with E-state index >= 15 is 0 Å². The van der Waals surface area contributed by atoms with Crippen molar-refractivity contribution in [3.05, 3.63) is 71.9 Å². The molecular weight excluding hydrogens is 296 g/mol. The number of ketones is 1. The van der Waals surface area contributed by atoms with Gasteiger partial charge < -0.3 is 5.73 Å². The Kier molecular flexibility index (Phi) is 3.62. The normalized spacial score (nSPS) is 13.6. The maximum Gasteiger partial charge on any atom is 0.165 e. The first-order chi connectivity index (χ1) is 11.7. The Bertz CT molecular complexity index is 899. The first kappa shape index (κ1) is 14.6. The third-order valence-corrected chi connectivity index (χ3v) is 4.48. The summed E-state index contributed by atoms with van der Waals surface area (Å²) in [7, 11) is 0. The van der Waals surface area contributed by atoms with Gasteiger partial charge in [0.2, 0.25) is 0 Å². The SMILES string of the molecule is Nc1ccc(-c2cc(-c3ccccc3)nc3c2C(=O)CCC3)cc1. The van der Waals surface area contributed by atoms with Gasteiger partial charge in [0.05, 0.1) is 11.4 Å². The smallest absolute Gasteiger partial charge is 0.165 e. The molecule has 3 heteroatoms. The molecule has 1 heterocycles. The highest BCUT2D eigenvalue weighted by atomic mass is 16.1. The van der Waals surface area contributed by atoms with Crippen LogP contribution in [0.15, 0.2) is 60.7 Å². The number of benzene rings is 2. The quantitative estimate of drug-likeness (QED) is 0.708. The third-order valence-electron chi connectivity index (χ3n) is 4.48. The second-order valence-corrected chi connectivity index (χ2v) is 6.14. The van der Waals surface area contributed by atoms with Gasteiger partial charge in [-0.2, -0.15) is 0 Å².